The van der Waals surface area contributed by atoms with E-state index in [1.807, 2.05) is 52.4 Å². The average Bonchev–Trinajstić information content (AvgIpc) is 3.01. The van der Waals surface area contributed by atoms with Gasteiger partial charge in [0, 0.05) is 31.7 Å². The summed E-state index contributed by atoms with van der Waals surface area (Å²) < 4.78 is 12.8. The first kappa shape index (κ1) is 23.1. The second kappa shape index (κ2) is 10.4. The van der Waals surface area contributed by atoms with Crippen LogP contribution in [-0.4, -0.2) is 46.6 Å². The van der Waals surface area contributed by atoms with Crippen LogP contribution in [0.25, 0.3) is 5.76 Å². The first-order chi connectivity index (χ1) is 12.7. The van der Waals surface area contributed by atoms with E-state index in [-0.39, 0.29) is 6.09 Å². The summed E-state index contributed by atoms with van der Waals surface area (Å²) >= 11 is 0. The van der Waals surface area contributed by atoms with Gasteiger partial charge in [0.05, 0.1) is 7.11 Å². The lowest BCUT2D eigenvalue weighted by atomic mass is 9.93. The Balaban J connectivity index is 0.00000176. The van der Waals surface area contributed by atoms with Gasteiger partial charge in [-0.2, -0.15) is 5.10 Å². The van der Waals surface area contributed by atoms with E-state index >= 15 is 0 Å². The molecule has 154 valence electrons. The molecule has 0 unspecified atom stereocenters. The molecule has 0 atom stereocenters. The number of aryl methyl sites for hydroxylation is 1. The van der Waals surface area contributed by atoms with Crippen LogP contribution in [-0.2, 0) is 16.5 Å². The molecule has 2 heterocycles. The van der Waals surface area contributed by atoms with Crippen LogP contribution >= 0.6 is 0 Å². The van der Waals surface area contributed by atoms with Gasteiger partial charge in [0.15, 0.2) is 0 Å². The molecule has 1 fully saturated rings. The highest BCUT2D eigenvalue weighted by Gasteiger charge is 2.29. The first-order valence-electron chi connectivity index (χ1n) is 10.0. The van der Waals surface area contributed by atoms with Crippen LogP contribution < -0.4 is 0 Å². The van der Waals surface area contributed by atoms with Crippen LogP contribution in [0.3, 0.4) is 0 Å². The summed E-state index contributed by atoms with van der Waals surface area (Å²) in [6.45, 7) is 13.2. The third kappa shape index (κ3) is 6.60. The van der Waals surface area contributed by atoms with E-state index in [4.69, 9.17) is 9.47 Å². The molecule has 6 nitrogen and oxygen atoms in total. The molecule has 0 radical (unpaired) electrons. The minimum absolute atomic E-state index is 0.218. The van der Waals surface area contributed by atoms with Crippen LogP contribution in [0.1, 0.15) is 78.1 Å². The summed E-state index contributed by atoms with van der Waals surface area (Å²) in [5, 5.41) is 4.60. The Morgan fingerprint density at radius 2 is 1.89 bits per heavy atom. The Bertz CT molecular complexity index is 621. The number of hydrogen-bond acceptors (Lipinski definition) is 4. The molecule has 1 aromatic rings. The Labute approximate surface area is 164 Å². The number of carbonyl (C=O) groups excluding carboxylic acids is 1. The Kier molecular flexibility index (Phi) is 8.86. The van der Waals surface area contributed by atoms with Gasteiger partial charge in [0.25, 0.3) is 0 Å². The van der Waals surface area contributed by atoms with Crippen molar-refractivity contribution >= 4 is 11.9 Å². The molecule has 1 saturated heterocycles. The molecule has 0 aromatic carbocycles. The maximum Gasteiger partial charge on any atom is 0.410 e. The molecule has 1 aliphatic heterocycles. The van der Waals surface area contributed by atoms with E-state index in [0.29, 0.717) is 19.0 Å². The summed E-state index contributed by atoms with van der Waals surface area (Å²) in [7, 11) is 3.65. The lowest BCUT2D eigenvalue weighted by Gasteiger charge is -2.33. The van der Waals surface area contributed by atoms with Gasteiger partial charge >= 0.3 is 6.09 Å². The number of ether oxygens (including phenoxy) is 2. The number of allylic oxidation sites excluding steroid dienone is 1. The number of nitrogens with zero attached hydrogens (tertiary/aromatic N) is 3. The number of hydrogen-bond donors (Lipinski definition) is 0. The number of carbonyl (C=O) groups is 1. The zero-order valence-electron chi connectivity index (χ0n) is 18.3. The average molecular weight is 380 g/mol. The monoisotopic (exact) mass is 379 g/mol. The summed E-state index contributed by atoms with van der Waals surface area (Å²) in [6, 6.07) is 2.11. The van der Waals surface area contributed by atoms with E-state index in [2.05, 4.69) is 18.1 Å². The number of piperidine rings is 1. The maximum atomic E-state index is 12.2. The van der Waals surface area contributed by atoms with Gasteiger partial charge in [-0.3, -0.25) is 4.68 Å². The first-order valence-corrected chi connectivity index (χ1v) is 10.0. The minimum Gasteiger partial charge on any atom is -0.495 e. The predicted octanol–water partition coefficient (Wildman–Crippen LogP) is 4.96. The topological polar surface area (TPSA) is 56.6 Å². The molecule has 1 aromatic heterocycles. The third-order valence-electron chi connectivity index (χ3n) is 4.34. The lowest BCUT2D eigenvalue weighted by molar-refractivity contribution is 0.0203. The van der Waals surface area contributed by atoms with E-state index in [0.717, 1.165) is 30.7 Å². The standard InChI is InChI=1S/C19H31N3O3.C2H6/c1-7-8-17(24-6)15-13-16(21(5)20-15)14-9-11-22(12-10-14)18(23)25-19(2,3)4;1-2/h8,13-14H,7,9-12H2,1-6H3;1-2H3/b17-8-;. The summed E-state index contributed by atoms with van der Waals surface area (Å²) in [6.07, 6.45) is 4.56. The van der Waals surface area contributed by atoms with Gasteiger partial charge in [0.1, 0.15) is 17.1 Å². The zero-order chi connectivity index (χ0) is 20.6. The maximum absolute atomic E-state index is 12.2. The van der Waals surface area contributed by atoms with Crippen LogP contribution in [0.2, 0.25) is 0 Å². The van der Waals surface area contributed by atoms with Crippen LogP contribution in [0.15, 0.2) is 12.1 Å². The molecule has 0 bridgehead atoms. The molecular weight excluding hydrogens is 342 g/mol. The van der Waals surface area contributed by atoms with Gasteiger partial charge in [-0.25, -0.2) is 4.79 Å². The Morgan fingerprint density at radius 1 is 1.30 bits per heavy atom. The fraction of sp³-hybridized carbons (Fsp3) is 0.714. The van der Waals surface area contributed by atoms with Gasteiger partial charge in [-0.1, -0.05) is 20.8 Å². The highest BCUT2D eigenvalue weighted by atomic mass is 16.6. The van der Waals surface area contributed by atoms with Crippen LogP contribution in [0.4, 0.5) is 4.79 Å². The summed E-state index contributed by atoms with van der Waals surface area (Å²) in [4.78, 5) is 14.0. The van der Waals surface area contributed by atoms with Crippen molar-refractivity contribution in [3.05, 3.63) is 23.5 Å². The molecule has 0 aliphatic carbocycles. The molecule has 0 saturated carbocycles. The molecule has 0 N–H and O–H groups in total. The highest BCUT2D eigenvalue weighted by Crippen LogP contribution is 2.30. The van der Waals surface area contributed by atoms with Crippen molar-refractivity contribution in [3.8, 4) is 0 Å². The van der Waals surface area contributed by atoms with Gasteiger partial charge in [-0.15, -0.1) is 0 Å². The normalized spacial score (nSPS) is 15.9. The molecule has 0 spiro atoms. The smallest absolute Gasteiger partial charge is 0.410 e. The van der Waals surface area contributed by atoms with E-state index in [1.165, 1.54) is 5.69 Å². The van der Waals surface area contributed by atoms with Crippen molar-refractivity contribution in [2.24, 2.45) is 7.05 Å². The molecular formula is C21H37N3O3. The summed E-state index contributed by atoms with van der Waals surface area (Å²) in [5.41, 5.74) is 1.61. The number of likely N-dealkylation sites (tertiary alicyclic amines) is 1. The Hall–Kier alpha value is -1.98. The number of methoxy groups -OCH3 is 1. The lowest BCUT2D eigenvalue weighted by Crippen LogP contribution is -2.41. The number of aromatic nitrogens is 2. The van der Waals surface area contributed by atoms with Gasteiger partial charge in [-0.05, 0) is 52.2 Å². The van der Waals surface area contributed by atoms with E-state index in [1.54, 1.807) is 12.0 Å². The van der Waals surface area contributed by atoms with E-state index in [9.17, 15) is 4.79 Å². The fourth-order valence-corrected chi connectivity index (χ4v) is 3.15. The predicted molar refractivity (Wildman–Crippen MR) is 110 cm³/mol. The largest absolute Gasteiger partial charge is 0.495 e. The van der Waals surface area contributed by atoms with E-state index < -0.39 is 5.60 Å². The van der Waals surface area contributed by atoms with Crippen LogP contribution in [0.5, 0.6) is 0 Å². The number of rotatable bonds is 4. The number of amides is 1. The van der Waals surface area contributed by atoms with Gasteiger partial charge in [0.2, 0.25) is 0 Å². The van der Waals surface area contributed by atoms with Crippen molar-refractivity contribution in [1.29, 1.82) is 0 Å². The second-order valence-electron chi connectivity index (χ2n) is 7.50. The molecule has 6 heteroatoms. The highest BCUT2D eigenvalue weighted by molar-refractivity contribution is 5.68. The van der Waals surface area contributed by atoms with Gasteiger partial charge < -0.3 is 14.4 Å². The molecule has 27 heavy (non-hydrogen) atoms. The second-order valence-corrected chi connectivity index (χ2v) is 7.50. The van der Waals surface area contributed by atoms with Crippen molar-refractivity contribution in [3.63, 3.8) is 0 Å². The van der Waals surface area contributed by atoms with Crippen molar-refractivity contribution in [2.75, 3.05) is 20.2 Å². The fourth-order valence-electron chi connectivity index (χ4n) is 3.15. The molecule has 1 amide bonds. The third-order valence-corrected chi connectivity index (χ3v) is 4.34. The molecule has 2 rings (SSSR count). The summed E-state index contributed by atoms with van der Waals surface area (Å²) in [5.74, 6) is 1.21. The Morgan fingerprint density at radius 3 is 2.37 bits per heavy atom. The van der Waals surface area contributed by atoms with Crippen LogP contribution in [0, 0.1) is 0 Å². The van der Waals surface area contributed by atoms with Crippen molar-refractivity contribution < 1.29 is 14.3 Å². The zero-order valence-corrected chi connectivity index (χ0v) is 18.3. The van der Waals surface area contributed by atoms with Crippen molar-refractivity contribution in [1.82, 2.24) is 14.7 Å². The molecule has 1 aliphatic rings. The minimum atomic E-state index is -0.451. The van der Waals surface area contributed by atoms with Crippen molar-refractivity contribution in [2.45, 2.75) is 72.3 Å². The SMILES string of the molecule is CC.CC/C=C(\OC)c1cc(C2CCN(C(=O)OC(C)(C)C)CC2)n(C)n1. The quantitative estimate of drug-likeness (QED) is 0.694.